The highest BCUT2D eigenvalue weighted by Crippen LogP contribution is 2.41. The van der Waals surface area contributed by atoms with Gasteiger partial charge in [-0.1, -0.05) is 13.8 Å². The maximum atomic E-state index is 11.8. The van der Waals surface area contributed by atoms with E-state index in [2.05, 4.69) is 34.9 Å². The minimum absolute atomic E-state index is 0.0950. The molecule has 1 aromatic heterocycles. The third kappa shape index (κ3) is 2.36. The molecule has 0 atom stereocenters. The maximum Gasteiger partial charge on any atom is 0.281 e. The second kappa shape index (κ2) is 4.16. The van der Waals surface area contributed by atoms with E-state index in [4.69, 9.17) is 0 Å². The number of aromatic amines is 1. The van der Waals surface area contributed by atoms with E-state index in [0.717, 1.165) is 23.1 Å². The summed E-state index contributed by atoms with van der Waals surface area (Å²) in [7, 11) is 0. The van der Waals surface area contributed by atoms with Gasteiger partial charge in [-0.2, -0.15) is 0 Å². The van der Waals surface area contributed by atoms with Crippen molar-refractivity contribution in [2.24, 2.45) is 5.92 Å². The molecule has 1 fully saturated rings. The molecule has 84 valence electrons. The fraction of sp³-hybridized carbons (Fsp3) is 0.727. The van der Waals surface area contributed by atoms with Crippen LogP contribution in [0, 0.1) is 5.92 Å². The molecule has 0 aliphatic heterocycles. The molecule has 0 amide bonds. The van der Waals surface area contributed by atoms with E-state index in [9.17, 15) is 4.79 Å². The quantitative estimate of drug-likeness (QED) is 0.900. The van der Waals surface area contributed by atoms with Crippen LogP contribution in [0.25, 0.3) is 0 Å². The smallest absolute Gasteiger partial charge is 0.281 e. The third-order valence-electron chi connectivity index (χ3n) is 2.84. The Bertz CT molecular complexity index is 401. The van der Waals surface area contributed by atoms with Crippen LogP contribution in [0.5, 0.6) is 0 Å². The molecule has 1 saturated carbocycles. The van der Waals surface area contributed by atoms with Crippen LogP contribution in [0.3, 0.4) is 0 Å². The van der Waals surface area contributed by atoms with Gasteiger partial charge in [-0.15, -0.1) is 0 Å². The van der Waals surface area contributed by atoms with E-state index in [0.29, 0.717) is 11.8 Å². The zero-order valence-electron chi connectivity index (χ0n) is 9.22. The Labute approximate surface area is 98.0 Å². The third-order valence-corrected chi connectivity index (χ3v) is 3.61. The summed E-state index contributed by atoms with van der Waals surface area (Å²) in [6.45, 7) is 5.14. The van der Waals surface area contributed by atoms with E-state index in [1.54, 1.807) is 4.68 Å². The second-order valence-electron chi connectivity index (χ2n) is 4.75. The SMILES string of the molecule is CC(C)CCn1[nH]c(C2CC2)c(Br)c1=O. The van der Waals surface area contributed by atoms with E-state index in [-0.39, 0.29) is 5.56 Å². The summed E-state index contributed by atoms with van der Waals surface area (Å²) in [5.41, 5.74) is 1.20. The van der Waals surface area contributed by atoms with Crippen molar-refractivity contribution in [1.29, 1.82) is 0 Å². The van der Waals surface area contributed by atoms with Crippen LogP contribution < -0.4 is 5.56 Å². The topological polar surface area (TPSA) is 37.8 Å². The van der Waals surface area contributed by atoms with Crippen LogP contribution in [0.1, 0.15) is 44.7 Å². The highest BCUT2D eigenvalue weighted by atomic mass is 79.9. The van der Waals surface area contributed by atoms with Gasteiger partial charge in [0.2, 0.25) is 0 Å². The average molecular weight is 273 g/mol. The Morgan fingerprint density at radius 3 is 2.73 bits per heavy atom. The lowest BCUT2D eigenvalue weighted by molar-refractivity contribution is 0.476. The number of rotatable bonds is 4. The normalized spacial score (nSPS) is 16.3. The maximum absolute atomic E-state index is 11.8. The summed E-state index contributed by atoms with van der Waals surface area (Å²) in [5, 5.41) is 3.22. The molecule has 1 aliphatic rings. The molecule has 1 heterocycles. The summed E-state index contributed by atoms with van der Waals surface area (Å²) in [5.74, 6) is 1.22. The zero-order valence-corrected chi connectivity index (χ0v) is 10.8. The average Bonchev–Trinajstić information content (AvgIpc) is 2.96. The molecule has 1 aliphatic carbocycles. The number of hydrogen-bond acceptors (Lipinski definition) is 1. The van der Waals surface area contributed by atoms with Gasteiger partial charge in [-0.3, -0.25) is 14.6 Å². The lowest BCUT2D eigenvalue weighted by atomic mass is 10.1. The van der Waals surface area contributed by atoms with Gasteiger partial charge in [-0.05, 0) is 41.1 Å². The van der Waals surface area contributed by atoms with Gasteiger partial charge >= 0.3 is 0 Å². The molecule has 15 heavy (non-hydrogen) atoms. The molecule has 0 saturated heterocycles. The van der Waals surface area contributed by atoms with Crippen LogP contribution >= 0.6 is 15.9 Å². The first-order chi connectivity index (χ1) is 7.09. The van der Waals surface area contributed by atoms with E-state index >= 15 is 0 Å². The first-order valence-corrected chi connectivity index (χ1v) is 6.37. The fourth-order valence-electron chi connectivity index (χ4n) is 1.67. The number of H-pyrrole nitrogens is 1. The van der Waals surface area contributed by atoms with Gasteiger partial charge in [-0.25, -0.2) is 0 Å². The van der Waals surface area contributed by atoms with E-state index in [1.807, 2.05) is 0 Å². The summed E-state index contributed by atoms with van der Waals surface area (Å²) in [6, 6.07) is 0. The number of hydrogen-bond donors (Lipinski definition) is 1. The first kappa shape index (κ1) is 11.0. The highest BCUT2D eigenvalue weighted by molar-refractivity contribution is 9.10. The first-order valence-electron chi connectivity index (χ1n) is 5.57. The Kier molecular flexibility index (Phi) is 3.05. The van der Waals surface area contributed by atoms with Crippen molar-refractivity contribution in [2.45, 2.75) is 45.6 Å². The summed E-state index contributed by atoms with van der Waals surface area (Å²) < 4.78 is 2.48. The molecule has 1 N–H and O–H groups in total. The molecule has 4 heteroatoms. The highest BCUT2D eigenvalue weighted by Gasteiger charge is 2.29. The number of aromatic nitrogens is 2. The number of halogens is 1. The van der Waals surface area contributed by atoms with Crippen molar-refractivity contribution in [3.63, 3.8) is 0 Å². The van der Waals surface area contributed by atoms with Crippen LogP contribution in [0.4, 0.5) is 0 Å². The van der Waals surface area contributed by atoms with E-state index in [1.165, 1.54) is 12.8 Å². The van der Waals surface area contributed by atoms with Crippen LogP contribution in [0.15, 0.2) is 9.27 Å². The molecule has 3 nitrogen and oxygen atoms in total. The molecule has 0 bridgehead atoms. The minimum atomic E-state index is 0.0950. The largest absolute Gasteiger partial charge is 0.298 e. The number of nitrogens with one attached hydrogen (secondary N) is 1. The predicted molar refractivity (Wildman–Crippen MR) is 64.2 cm³/mol. The molecule has 0 aromatic carbocycles. The lowest BCUT2D eigenvalue weighted by Crippen LogP contribution is -2.17. The molecule has 0 spiro atoms. The molecular formula is C11H17BrN2O. The monoisotopic (exact) mass is 272 g/mol. The minimum Gasteiger partial charge on any atom is -0.298 e. The Morgan fingerprint density at radius 2 is 2.20 bits per heavy atom. The van der Waals surface area contributed by atoms with Gasteiger partial charge in [0.15, 0.2) is 0 Å². The Morgan fingerprint density at radius 1 is 1.53 bits per heavy atom. The summed E-state index contributed by atoms with van der Waals surface area (Å²) in [6.07, 6.45) is 3.46. The Balaban J connectivity index is 2.17. The zero-order chi connectivity index (χ0) is 11.0. The predicted octanol–water partition coefficient (Wildman–Crippen LogP) is 2.86. The molecule has 0 radical (unpaired) electrons. The standard InChI is InChI=1S/C11H17BrN2O/c1-7(2)5-6-14-11(15)9(12)10(13-14)8-3-4-8/h7-8,13H,3-6H2,1-2H3. The lowest BCUT2D eigenvalue weighted by Gasteiger charge is -2.04. The van der Waals surface area contributed by atoms with Crippen molar-refractivity contribution in [1.82, 2.24) is 9.78 Å². The van der Waals surface area contributed by atoms with E-state index < -0.39 is 0 Å². The van der Waals surface area contributed by atoms with Gasteiger partial charge in [0.25, 0.3) is 5.56 Å². The molecule has 1 aromatic rings. The van der Waals surface area contributed by atoms with Crippen LogP contribution in [0.2, 0.25) is 0 Å². The van der Waals surface area contributed by atoms with Gasteiger partial charge < -0.3 is 0 Å². The van der Waals surface area contributed by atoms with Crippen LogP contribution in [-0.4, -0.2) is 9.78 Å². The summed E-state index contributed by atoms with van der Waals surface area (Å²) in [4.78, 5) is 11.8. The van der Waals surface area contributed by atoms with Crippen molar-refractivity contribution >= 4 is 15.9 Å². The molecule has 0 unspecified atom stereocenters. The molecule has 2 rings (SSSR count). The number of nitrogens with zero attached hydrogens (tertiary/aromatic N) is 1. The van der Waals surface area contributed by atoms with Crippen molar-refractivity contribution in [3.05, 3.63) is 20.5 Å². The number of aryl methyl sites for hydroxylation is 1. The van der Waals surface area contributed by atoms with Crippen molar-refractivity contribution in [2.75, 3.05) is 0 Å². The summed E-state index contributed by atoms with van der Waals surface area (Å²) >= 11 is 3.38. The van der Waals surface area contributed by atoms with Crippen molar-refractivity contribution < 1.29 is 0 Å². The van der Waals surface area contributed by atoms with Gasteiger partial charge in [0.05, 0.1) is 5.69 Å². The van der Waals surface area contributed by atoms with Gasteiger partial charge in [0, 0.05) is 12.5 Å². The van der Waals surface area contributed by atoms with Crippen LogP contribution in [-0.2, 0) is 6.54 Å². The Hall–Kier alpha value is -0.510. The molecular weight excluding hydrogens is 256 g/mol. The van der Waals surface area contributed by atoms with Crippen molar-refractivity contribution in [3.8, 4) is 0 Å². The fourth-order valence-corrected chi connectivity index (χ4v) is 2.29. The van der Waals surface area contributed by atoms with Gasteiger partial charge in [0.1, 0.15) is 4.47 Å². The second-order valence-corrected chi connectivity index (χ2v) is 5.55.